The van der Waals surface area contributed by atoms with Crippen LogP contribution in [0.15, 0.2) is 60.7 Å². The first-order chi connectivity index (χ1) is 21.2. The van der Waals surface area contributed by atoms with Crippen LogP contribution in [0.25, 0.3) is 0 Å². The van der Waals surface area contributed by atoms with Crippen molar-refractivity contribution in [1.29, 1.82) is 0 Å². The lowest BCUT2D eigenvalue weighted by molar-refractivity contribution is -0.149. The number of para-hydroxylation sites is 1. The lowest BCUT2D eigenvalue weighted by atomic mass is 9.93. The standard InChI is InChI=1S/C36H48NO7P/c1-23(2)17-35(38)43-34-16-15-29(20-32(34)24(3)4)21-33-26(7)18-31(19-27(33)8)41-22-45(40,44-30-13-11-10-12-14-30)37-28(9)36(39)42-25(5)6/h10-16,18-20,23-25,28H,17,21-22H2,1-9H3,(H,37,40)/t28-,45?/m0/s1. The molecule has 3 aromatic carbocycles. The van der Waals surface area contributed by atoms with E-state index in [0.29, 0.717) is 30.1 Å². The van der Waals surface area contributed by atoms with E-state index in [0.717, 1.165) is 27.8 Å². The maximum absolute atomic E-state index is 14.0. The van der Waals surface area contributed by atoms with Crippen molar-refractivity contribution >= 4 is 19.5 Å². The molecule has 3 rings (SSSR count). The molecule has 0 aliphatic carbocycles. The molecule has 9 heteroatoms. The Morgan fingerprint density at radius 3 is 2.07 bits per heavy atom. The summed E-state index contributed by atoms with van der Waals surface area (Å²) in [5.74, 6) is 1.21. The van der Waals surface area contributed by atoms with Crippen LogP contribution in [0.2, 0.25) is 0 Å². The van der Waals surface area contributed by atoms with Crippen molar-refractivity contribution in [2.24, 2.45) is 5.92 Å². The van der Waals surface area contributed by atoms with Gasteiger partial charge in [-0.3, -0.25) is 14.2 Å². The Morgan fingerprint density at radius 2 is 1.49 bits per heavy atom. The number of nitrogens with one attached hydrogen (secondary N) is 1. The first-order valence-electron chi connectivity index (χ1n) is 15.5. The molecule has 0 saturated heterocycles. The van der Waals surface area contributed by atoms with Crippen molar-refractivity contribution in [2.75, 3.05) is 6.35 Å². The monoisotopic (exact) mass is 637 g/mol. The molecule has 1 unspecified atom stereocenters. The number of aryl methyl sites for hydroxylation is 2. The van der Waals surface area contributed by atoms with Crippen LogP contribution in [-0.2, 0) is 25.3 Å². The van der Waals surface area contributed by atoms with Crippen molar-refractivity contribution in [3.63, 3.8) is 0 Å². The van der Waals surface area contributed by atoms with Gasteiger partial charge in [-0.25, -0.2) is 5.09 Å². The minimum Gasteiger partial charge on any atom is -0.481 e. The summed E-state index contributed by atoms with van der Waals surface area (Å²) in [6, 6.07) is 17.7. The van der Waals surface area contributed by atoms with Crippen LogP contribution in [0.4, 0.5) is 0 Å². The highest BCUT2D eigenvalue weighted by molar-refractivity contribution is 7.57. The smallest absolute Gasteiger partial charge is 0.354 e. The topological polar surface area (TPSA) is 100 Å². The zero-order chi connectivity index (χ0) is 33.3. The number of hydrogen-bond donors (Lipinski definition) is 1. The molecule has 0 bridgehead atoms. The number of hydrogen-bond acceptors (Lipinski definition) is 7. The van der Waals surface area contributed by atoms with E-state index < -0.39 is 19.5 Å². The van der Waals surface area contributed by atoms with Crippen LogP contribution in [0, 0.1) is 19.8 Å². The van der Waals surface area contributed by atoms with Crippen molar-refractivity contribution in [2.45, 2.75) is 93.2 Å². The molecule has 0 saturated carbocycles. The zero-order valence-electron chi connectivity index (χ0n) is 28.0. The first kappa shape index (κ1) is 35.9. The van der Waals surface area contributed by atoms with E-state index in [2.05, 4.69) is 25.0 Å². The van der Waals surface area contributed by atoms with Crippen LogP contribution >= 0.6 is 7.52 Å². The van der Waals surface area contributed by atoms with E-state index >= 15 is 0 Å². The Bertz CT molecular complexity index is 1480. The number of esters is 2. The first-order valence-corrected chi connectivity index (χ1v) is 17.3. The quantitative estimate of drug-likeness (QED) is 0.101. The molecular weight excluding hydrogens is 589 g/mol. The fourth-order valence-electron chi connectivity index (χ4n) is 4.85. The Morgan fingerprint density at radius 1 is 0.844 bits per heavy atom. The summed E-state index contributed by atoms with van der Waals surface area (Å²) in [5.41, 5.74) is 5.28. The van der Waals surface area contributed by atoms with Crippen LogP contribution in [-0.4, -0.2) is 30.4 Å². The maximum atomic E-state index is 14.0. The number of rotatable bonds is 15. The van der Waals surface area contributed by atoms with Crippen molar-refractivity contribution < 1.29 is 32.9 Å². The third-order valence-corrected chi connectivity index (χ3v) is 8.79. The third-order valence-electron chi connectivity index (χ3n) is 7.04. The number of benzene rings is 3. The molecule has 0 radical (unpaired) electrons. The van der Waals surface area contributed by atoms with Crippen LogP contribution in [0.1, 0.15) is 88.6 Å². The summed E-state index contributed by atoms with van der Waals surface area (Å²) in [7, 11) is -3.70. The average Bonchev–Trinajstić information content (AvgIpc) is 2.94. The minimum atomic E-state index is -3.70. The summed E-state index contributed by atoms with van der Waals surface area (Å²) in [4.78, 5) is 24.8. The lowest BCUT2D eigenvalue weighted by Crippen LogP contribution is -2.36. The molecule has 3 aromatic rings. The summed E-state index contributed by atoms with van der Waals surface area (Å²) < 4.78 is 36.9. The van der Waals surface area contributed by atoms with Gasteiger partial charge < -0.3 is 18.7 Å². The van der Waals surface area contributed by atoms with E-state index in [9.17, 15) is 14.2 Å². The van der Waals surface area contributed by atoms with Gasteiger partial charge in [0, 0.05) is 6.42 Å². The molecule has 0 aliphatic heterocycles. The molecule has 0 heterocycles. The molecule has 0 spiro atoms. The Balaban J connectivity index is 1.79. The highest BCUT2D eigenvalue weighted by atomic mass is 31.2. The molecule has 0 fully saturated rings. The molecular formula is C36H48NO7P. The number of carbonyl (C=O) groups is 2. The van der Waals surface area contributed by atoms with Crippen molar-refractivity contribution in [3.05, 3.63) is 88.5 Å². The van der Waals surface area contributed by atoms with Gasteiger partial charge in [0.2, 0.25) is 0 Å². The molecule has 0 aliphatic rings. The Hall–Kier alpha value is -3.61. The fourth-order valence-corrected chi connectivity index (χ4v) is 6.51. The summed E-state index contributed by atoms with van der Waals surface area (Å²) in [6.45, 7) is 17.3. The molecule has 1 N–H and O–H groups in total. The van der Waals surface area contributed by atoms with E-state index in [1.54, 1.807) is 45.0 Å². The zero-order valence-corrected chi connectivity index (χ0v) is 28.9. The minimum absolute atomic E-state index is 0.183. The summed E-state index contributed by atoms with van der Waals surface area (Å²) >= 11 is 0. The molecule has 8 nitrogen and oxygen atoms in total. The Kier molecular flexibility index (Phi) is 12.8. The van der Waals surface area contributed by atoms with Crippen LogP contribution in [0.5, 0.6) is 17.2 Å². The summed E-state index contributed by atoms with van der Waals surface area (Å²) in [6.07, 6.45) is 0.456. The molecule has 2 atom stereocenters. The van der Waals surface area contributed by atoms with Gasteiger partial charge in [0.05, 0.1) is 6.10 Å². The fraction of sp³-hybridized carbons (Fsp3) is 0.444. The normalized spacial score (nSPS) is 13.4. The second kappa shape index (κ2) is 16.1. The van der Waals surface area contributed by atoms with E-state index in [1.165, 1.54) is 0 Å². The highest BCUT2D eigenvalue weighted by Gasteiger charge is 2.32. The van der Waals surface area contributed by atoms with Crippen LogP contribution in [0.3, 0.4) is 0 Å². The molecule has 244 valence electrons. The SMILES string of the molecule is Cc1cc(OCP(=O)(N[C@@H](C)C(=O)OC(C)C)Oc2ccccc2)cc(C)c1Cc1ccc(OC(=O)CC(C)C)c(C(C)C)c1. The van der Waals surface area contributed by atoms with Gasteiger partial charge in [-0.1, -0.05) is 58.0 Å². The van der Waals surface area contributed by atoms with Gasteiger partial charge in [0.15, 0.2) is 6.35 Å². The summed E-state index contributed by atoms with van der Waals surface area (Å²) in [5, 5.41) is 2.83. The van der Waals surface area contributed by atoms with Gasteiger partial charge in [-0.2, -0.15) is 0 Å². The Labute approximate surface area is 268 Å². The third kappa shape index (κ3) is 11.1. The predicted octanol–water partition coefficient (Wildman–Crippen LogP) is 8.51. The van der Waals surface area contributed by atoms with Gasteiger partial charge >= 0.3 is 19.5 Å². The van der Waals surface area contributed by atoms with Crippen LogP contribution < -0.4 is 19.1 Å². The second-order valence-corrected chi connectivity index (χ2v) is 14.5. The molecule has 0 aromatic heterocycles. The lowest BCUT2D eigenvalue weighted by Gasteiger charge is -2.24. The molecule has 45 heavy (non-hydrogen) atoms. The second-order valence-electron chi connectivity index (χ2n) is 12.5. The van der Waals surface area contributed by atoms with E-state index in [4.69, 9.17) is 18.7 Å². The predicted molar refractivity (Wildman–Crippen MR) is 178 cm³/mol. The van der Waals surface area contributed by atoms with Crippen molar-refractivity contribution in [1.82, 2.24) is 5.09 Å². The average molecular weight is 638 g/mol. The number of carbonyl (C=O) groups excluding carboxylic acids is 2. The van der Waals surface area contributed by atoms with Gasteiger partial charge in [0.25, 0.3) is 0 Å². The maximum Gasteiger partial charge on any atom is 0.354 e. The number of ether oxygens (including phenoxy) is 3. The van der Waals surface area contributed by atoms with E-state index in [-0.39, 0.29) is 30.3 Å². The highest BCUT2D eigenvalue weighted by Crippen LogP contribution is 2.44. The van der Waals surface area contributed by atoms with Gasteiger partial charge in [-0.05, 0) is 111 Å². The molecule has 0 amide bonds. The van der Waals surface area contributed by atoms with Crippen molar-refractivity contribution in [3.8, 4) is 17.2 Å². The van der Waals surface area contributed by atoms with E-state index in [1.807, 2.05) is 58.0 Å². The van der Waals surface area contributed by atoms with Gasteiger partial charge in [0.1, 0.15) is 23.3 Å². The largest absolute Gasteiger partial charge is 0.481 e. The van der Waals surface area contributed by atoms with Gasteiger partial charge in [-0.15, -0.1) is 0 Å².